The Kier molecular flexibility index (Phi) is 19.0. The highest BCUT2D eigenvalue weighted by atomic mass is 35.5. The molecule has 0 aliphatic carbocycles. The van der Waals surface area contributed by atoms with Crippen LogP contribution in [0.5, 0.6) is 5.75 Å². The lowest BCUT2D eigenvalue weighted by molar-refractivity contribution is -0.121. The molecule has 1 aliphatic rings. The summed E-state index contributed by atoms with van der Waals surface area (Å²) in [5.74, 6) is 1.77. The van der Waals surface area contributed by atoms with E-state index in [2.05, 4.69) is 15.5 Å². The Morgan fingerprint density at radius 1 is 0.769 bits per heavy atom. The summed E-state index contributed by atoms with van der Waals surface area (Å²) in [6.07, 6.45) is 0.0742. The minimum Gasteiger partial charge on any atom is -0.497 e. The van der Waals surface area contributed by atoms with E-state index in [-0.39, 0.29) is 12.3 Å². The molecule has 1 aromatic heterocycles. The van der Waals surface area contributed by atoms with Crippen LogP contribution in [0.1, 0.15) is 35.2 Å². The van der Waals surface area contributed by atoms with Crippen LogP contribution in [0.3, 0.4) is 0 Å². The minimum atomic E-state index is -0.587. The maximum absolute atomic E-state index is 13.1. The summed E-state index contributed by atoms with van der Waals surface area (Å²) in [4.78, 5) is 18.2. The molecule has 0 unspecified atom stereocenters. The van der Waals surface area contributed by atoms with Crippen LogP contribution in [-0.4, -0.2) is 139 Å². The van der Waals surface area contributed by atoms with Gasteiger partial charge in [-0.3, -0.25) is 14.4 Å². The monoisotopic (exact) mass is 746 g/mol. The lowest BCUT2D eigenvalue weighted by atomic mass is 10.00. The Bertz CT molecular complexity index is 1510. The maximum Gasteiger partial charge on any atom is 0.222 e. The molecule has 1 amide bonds. The zero-order valence-electron chi connectivity index (χ0n) is 30.1. The van der Waals surface area contributed by atoms with Gasteiger partial charge in [0.05, 0.1) is 117 Å². The first-order valence-corrected chi connectivity index (χ1v) is 17.8. The van der Waals surface area contributed by atoms with E-state index in [1.54, 1.807) is 7.11 Å². The zero-order valence-corrected chi connectivity index (χ0v) is 30.8. The first-order valence-electron chi connectivity index (χ1n) is 17.5. The lowest BCUT2D eigenvalue weighted by Gasteiger charge is -2.14. The predicted octanol–water partition coefficient (Wildman–Crippen LogP) is 2.71. The number of carbonyl (C=O) groups excluding carboxylic acids is 1. The summed E-state index contributed by atoms with van der Waals surface area (Å²) in [5.41, 5.74) is 8.59. The Morgan fingerprint density at radius 2 is 1.31 bits per heavy atom. The van der Waals surface area contributed by atoms with Crippen molar-refractivity contribution in [2.24, 2.45) is 10.7 Å². The highest BCUT2D eigenvalue weighted by Crippen LogP contribution is 2.34. The highest BCUT2D eigenvalue weighted by Gasteiger charge is 2.30. The van der Waals surface area contributed by atoms with Gasteiger partial charge in [-0.2, -0.15) is 0 Å². The summed E-state index contributed by atoms with van der Waals surface area (Å²) in [5, 5.41) is 12.3. The number of aryl methyl sites for hydroxylation is 1. The van der Waals surface area contributed by atoms with Gasteiger partial charge in [-0.25, -0.2) is 0 Å². The Morgan fingerprint density at radius 3 is 1.85 bits per heavy atom. The van der Waals surface area contributed by atoms with Gasteiger partial charge >= 0.3 is 0 Å². The average Bonchev–Trinajstić information content (AvgIpc) is 3.48. The number of rotatable bonds is 27. The molecule has 0 saturated carbocycles. The fourth-order valence-electron chi connectivity index (χ4n) is 5.19. The highest BCUT2D eigenvalue weighted by molar-refractivity contribution is 6.30. The molecule has 3 N–H and O–H groups in total. The van der Waals surface area contributed by atoms with Gasteiger partial charge in [-0.05, 0) is 37.3 Å². The minimum absolute atomic E-state index is 0.0742. The topological polar surface area (TPSA) is 172 Å². The van der Waals surface area contributed by atoms with E-state index in [1.807, 2.05) is 54.0 Å². The van der Waals surface area contributed by atoms with Crippen molar-refractivity contribution in [2.45, 2.75) is 19.4 Å². The quantitative estimate of drug-likeness (QED) is 0.110. The number of aromatic nitrogens is 3. The molecule has 0 radical (unpaired) electrons. The summed E-state index contributed by atoms with van der Waals surface area (Å²) in [6, 6.07) is 12.6. The number of nitrogens with two attached hydrogens (primary N) is 1. The van der Waals surface area contributed by atoms with Crippen molar-refractivity contribution in [3.05, 3.63) is 70.3 Å². The fourth-order valence-corrected chi connectivity index (χ4v) is 5.32. The smallest absolute Gasteiger partial charge is 0.222 e. The number of halogens is 1. The molecule has 286 valence electrons. The molecule has 52 heavy (non-hydrogen) atoms. The van der Waals surface area contributed by atoms with Crippen LogP contribution in [0.4, 0.5) is 0 Å². The van der Waals surface area contributed by atoms with Gasteiger partial charge in [0.25, 0.3) is 0 Å². The molecular weight excluding hydrogens is 696 g/mol. The molecule has 3 aromatic rings. The van der Waals surface area contributed by atoms with Gasteiger partial charge in [-0.15, -0.1) is 10.2 Å². The predicted molar refractivity (Wildman–Crippen MR) is 195 cm³/mol. The molecule has 16 heteroatoms. The largest absolute Gasteiger partial charge is 0.497 e. The molecule has 2 heterocycles. The number of hydrogen-bond donors (Lipinski definition) is 2. The SMILES string of the molecule is COc1ccc2c(c1)C(c1ccc(Cl)cc1)=N[C@@H](CC(=O)NCCOCCOCCOCCOCCOCCOCCOCCN)c1nnc(C)n1-2. The number of nitrogens with one attached hydrogen (secondary N) is 1. The lowest BCUT2D eigenvalue weighted by Crippen LogP contribution is -2.29. The number of nitrogens with zero attached hydrogens (tertiary/aromatic N) is 4. The van der Waals surface area contributed by atoms with Crippen molar-refractivity contribution >= 4 is 23.2 Å². The number of carbonyl (C=O) groups is 1. The van der Waals surface area contributed by atoms with Crippen LogP contribution in [0.2, 0.25) is 5.02 Å². The van der Waals surface area contributed by atoms with Crippen molar-refractivity contribution in [3.8, 4) is 11.4 Å². The Labute approximate surface area is 310 Å². The van der Waals surface area contributed by atoms with E-state index in [4.69, 9.17) is 60.2 Å². The van der Waals surface area contributed by atoms with Crippen LogP contribution in [0.25, 0.3) is 5.69 Å². The standard InChI is InChI=1S/C36H51ClN6O9/c1-27-41-42-36-32(40-35(28-3-5-29(37)6-4-28)31-25-30(45-2)7-8-33(31)43(27)36)26-34(44)39-10-12-47-14-16-49-18-20-51-22-24-52-23-21-50-19-17-48-15-13-46-11-9-38/h3-8,25,32H,9-24,26,38H2,1-2H3,(H,39,44)/t32-/m0/s1. The molecule has 0 bridgehead atoms. The Balaban J connectivity index is 1.08. The third kappa shape index (κ3) is 13.8. The van der Waals surface area contributed by atoms with E-state index < -0.39 is 6.04 Å². The van der Waals surface area contributed by atoms with Gasteiger partial charge in [0.15, 0.2) is 5.82 Å². The summed E-state index contributed by atoms with van der Waals surface area (Å²) < 4.78 is 45.7. The van der Waals surface area contributed by atoms with Crippen molar-refractivity contribution < 1.29 is 42.7 Å². The second-order valence-electron chi connectivity index (χ2n) is 11.5. The number of ether oxygens (including phenoxy) is 8. The van der Waals surface area contributed by atoms with Crippen LogP contribution < -0.4 is 15.8 Å². The van der Waals surface area contributed by atoms with Crippen molar-refractivity contribution in [1.29, 1.82) is 0 Å². The number of methoxy groups -OCH3 is 1. The third-order valence-electron chi connectivity index (χ3n) is 7.69. The van der Waals surface area contributed by atoms with Gasteiger partial charge < -0.3 is 48.9 Å². The van der Waals surface area contributed by atoms with Crippen molar-refractivity contribution in [2.75, 3.05) is 113 Å². The van der Waals surface area contributed by atoms with Crippen molar-refractivity contribution in [1.82, 2.24) is 20.1 Å². The van der Waals surface area contributed by atoms with E-state index in [9.17, 15) is 4.79 Å². The van der Waals surface area contributed by atoms with Crippen LogP contribution in [0, 0.1) is 6.92 Å². The second kappa shape index (κ2) is 23.9. The summed E-state index contributed by atoms with van der Waals surface area (Å²) in [6.45, 7) is 9.36. The molecule has 0 spiro atoms. The first kappa shape index (κ1) is 41.2. The van der Waals surface area contributed by atoms with E-state index in [0.717, 1.165) is 16.8 Å². The average molecular weight is 747 g/mol. The van der Waals surface area contributed by atoms with E-state index in [0.29, 0.717) is 134 Å². The maximum atomic E-state index is 13.1. The first-order chi connectivity index (χ1) is 25.5. The van der Waals surface area contributed by atoms with Gasteiger partial charge in [0, 0.05) is 29.2 Å². The summed E-state index contributed by atoms with van der Waals surface area (Å²) >= 11 is 6.19. The third-order valence-corrected chi connectivity index (χ3v) is 7.94. The van der Waals surface area contributed by atoms with Gasteiger partial charge in [-0.1, -0.05) is 23.7 Å². The number of aliphatic imine (C=N–C) groups is 1. The summed E-state index contributed by atoms with van der Waals surface area (Å²) in [7, 11) is 1.62. The van der Waals surface area contributed by atoms with E-state index in [1.165, 1.54) is 0 Å². The van der Waals surface area contributed by atoms with Gasteiger partial charge in [0.2, 0.25) is 5.91 Å². The molecular formula is C36H51ClN6O9. The number of benzene rings is 2. The van der Waals surface area contributed by atoms with Crippen molar-refractivity contribution in [3.63, 3.8) is 0 Å². The second-order valence-corrected chi connectivity index (χ2v) is 11.9. The van der Waals surface area contributed by atoms with Crippen LogP contribution in [0.15, 0.2) is 47.5 Å². The number of hydrogen-bond acceptors (Lipinski definition) is 13. The van der Waals surface area contributed by atoms with Crippen LogP contribution in [-0.2, 0) is 38.0 Å². The molecule has 0 fully saturated rings. The Hall–Kier alpha value is -3.51. The molecule has 1 atom stereocenters. The zero-order chi connectivity index (χ0) is 36.8. The normalized spacial score (nSPS) is 13.7. The molecule has 4 rings (SSSR count). The number of fused-ring (bicyclic) bond motifs is 3. The molecule has 1 aliphatic heterocycles. The molecule has 0 saturated heterocycles. The fraction of sp³-hybridized carbons (Fsp3) is 0.556. The van der Waals surface area contributed by atoms with E-state index >= 15 is 0 Å². The molecule has 2 aromatic carbocycles. The molecule has 15 nitrogen and oxygen atoms in total. The van der Waals surface area contributed by atoms with Gasteiger partial charge in [0.1, 0.15) is 17.6 Å². The van der Waals surface area contributed by atoms with Crippen LogP contribution >= 0.6 is 11.6 Å². The number of amides is 1.